The predicted molar refractivity (Wildman–Crippen MR) is 122 cm³/mol. The molecule has 5 heteroatoms. The zero-order chi connectivity index (χ0) is 21.0. The van der Waals surface area contributed by atoms with E-state index in [1.165, 1.54) is 22.3 Å². The van der Waals surface area contributed by atoms with E-state index in [1.807, 2.05) is 31.2 Å². The molecule has 0 aliphatic heterocycles. The first-order chi connectivity index (χ1) is 13.8. The molecule has 0 N–H and O–H groups in total. The molecular formula is C24H26Cl2O2Zr. The summed E-state index contributed by atoms with van der Waals surface area (Å²) in [5.41, 5.74) is 6.99. The van der Waals surface area contributed by atoms with Crippen LogP contribution in [0.4, 0.5) is 0 Å². The van der Waals surface area contributed by atoms with Gasteiger partial charge in [0.1, 0.15) is 0 Å². The molecule has 0 radical (unpaired) electrons. The SMILES string of the molecule is C[CH]=[Zr]([Cl])([Cl])([CH]1C(C)=Cc2c(OC)cccc21)[CH]1C(C)=Cc2c(OC)cccc21. The van der Waals surface area contributed by atoms with Gasteiger partial charge >= 0.3 is 182 Å². The van der Waals surface area contributed by atoms with Gasteiger partial charge in [0.2, 0.25) is 0 Å². The molecule has 2 nitrogen and oxygen atoms in total. The third kappa shape index (κ3) is 2.96. The Kier molecular flexibility index (Phi) is 5.25. The number of fused-ring (bicyclic) bond motifs is 2. The van der Waals surface area contributed by atoms with Crippen LogP contribution in [-0.4, -0.2) is 17.9 Å². The summed E-state index contributed by atoms with van der Waals surface area (Å²) in [7, 11) is 19.0. The summed E-state index contributed by atoms with van der Waals surface area (Å²) in [6.45, 7) is 6.33. The van der Waals surface area contributed by atoms with E-state index in [0.717, 1.165) is 22.6 Å². The Balaban J connectivity index is 1.98. The van der Waals surface area contributed by atoms with Crippen molar-refractivity contribution in [2.45, 2.75) is 28.0 Å². The average Bonchev–Trinajstić information content (AvgIpc) is 3.24. The van der Waals surface area contributed by atoms with Crippen LogP contribution in [0.25, 0.3) is 12.2 Å². The van der Waals surface area contributed by atoms with E-state index < -0.39 is 15.9 Å². The molecule has 2 unspecified atom stereocenters. The first-order valence-corrected chi connectivity index (χ1v) is 20.4. The van der Waals surface area contributed by atoms with E-state index in [9.17, 15) is 0 Å². The molecular weight excluding hydrogens is 482 g/mol. The van der Waals surface area contributed by atoms with Crippen molar-refractivity contribution in [1.82, 2.24) is 0 Å². The van der Waals surface area contributed by atoms with E-state index >= 15 is 0 Å². The molecule has 2 aromatic carbocycles. The first-order valence-electron chi connectivity index (χ1n) is 9.84. The molecule has 0 spiro atoms. The van der Waals surface area contributed by atoms with Crippen LogP contribution in [0, 0.1) is 0 Å². The molecule has 0 heterocycles. The predicted octanol–water partition coefficient (Wildman–Crippen LogP) is 7.14. The Morgan fingerprint density at radius 3 is 1.55 bits per heavy atom. The maximum absolute atomic E-state index is 7.78. The number of halogens is 2. The number of hydrogen-bond donors (Lipinski definition) is 0. The molecule has 0 saturated carbocycles. The van der Waals surface area contributed by atoms with Crippen molar-refractivity contribution in [3.05, 3.63) is 69.8 Å². The van der Waals surface area contributed by atoms with Crippen molar-refractivity contribution in [2.24, 2.45) is 0 Å². The minimum absolute atomic E-state index is 0.000347. The van der Waals surface area contributed by atoms with Crippen LogP contribution in [0.2, 0.25) is 0 Å². The second-order valence-corrected chi connectivity index (χ2v) is 29.5. The summed E-state index contributed by atoms with van der Waals surface area (Å²) >= 11 is -4.64. The summed E-state index contributed by atoms with van der Waals surface area (Å²) in [5, 5.41) is 0. The summed E-state index contributed by atoms with van der Waals surface area (Å²) in [4.78, 5) is 0. The fourth-order valence-corrected chi connectivity index (χ4v) is 23.5. The second kappa shape index (κ2) is 7.22. The summed E-state index contributed by atoms with van der Waals surface area (Å²) in [6.07, 6.45) is 4.39. The fraction of sp³-hybridized carbons (Fsp3) is 0.292. The van der Waals surface area contributed by atoms with Gasteiger partial charge in [-0.15, -0.1) is 0 Å². The summed E-state index contributed by atoms with van der Waals surface area (Å²) in [6, 6.07) is 12.4. The molecule has 29 heavy (non-hydrogen) atoms. The number of benzene rings is 2. The molecule has 2 aromatic rings. The summed E-state index contributed by atoms with van der Waals surface area (Å²) < 4.78 is 13.4. The molecule has 0 saturated heterocycles. The Bertz CT molecular complexity index is 1060. The van der Waals surface area contributed by atoms with Gasteiger partial charge in [-0.3, -0.25) is 0 Å². The third-order valence-electron chi connectivity index (χ3n) is 6.57. The quantitative estimate of drug-likeness (QED) is 0.437. The van der Waals surface area contributed by atoms with Gasteiger partial charge in [-0.25, -0.2) is 0 Å². The Morgan fingerprint density at radius 2 is 1.21 bits per heavy atom. The van der Waals surface area contributed by atoms with Crippen molar-refractivity contribution in [1.29, 1.82) is 0 Å². The minimum atomic E-state index is -4.64. The number of rotatable bonds is 4. The topological polar surface area (TPSA) is 18.5 Å². The molecule has 2 aliphatic carbocycles. The monoisotopic (exact) mass is 506 g/mol. The third-order valence-corrected chi connectivity index (χ3v) is 26.2. The molecule has 2 aliphatic rings. The van der Waals surface area contributed by atoms with Crippen LogP contribution in [-0.2, 0) is 15.9 Å². The van der Waals surface area contributed by atoms with Gasteiger partial charge in [-0.1, -0.05) is 0 Å². The number of hydrogen-bond acceptors (Lipinski definition) is 2. The molecule has 0 fully saturated rings. The second-order valence-electron chi connectivity index (χ2n) is 8.08. The summed E-state index contributed by atoms with van der Waals surface area (Å²) in [5.74, 6) is 1.73. The van der Waals surface area contributed by atoms with Crippen LogP contribution < -0.4 is 9.47 Å². The standard InChI is InChI=1S/2C11H11O.C2H4.2ClH.Zr/c2*1-8-6-9-4-3-5-11(12-2)10(9)7-8;1-2;;;/h2*3-7H,1-2H3;1H,2H3;2*1H;/q;;;;;+2/p-2. The molecule has 0 amide bonds. The Hall–Kier alpha value is -1.15. The van der Waals surface area contributed by atoms with Crippen LogP contribution in [0.1, 0.15) is 50.3 Å². The van der Waals surface area contributed by atoms with Gasteiger partial charge in [0.15, 0.2) is 0 Å². The van der Waals surface area contributed by atoms with Crippen LogP contribution in [0.15, 0.2) is 47.5 Å². The molecule has 0 bridgehead atoms. The van der Waals surface area contributed by atoms with Gasteiger partial charge in [-0.05, 0) is 0 Å². The normalized spacial score (nSPS) is 20.6. The van der Waals surface area contributed by atoms with Gasteiger partial charge in [0.25, 0.3) is 0 Å². The van der Waals surface area contributed by atoms with Crippen molar-refractivity contribution < 1.29 is 25.4 Å². The van der Waals surface area contributed by atoms with E-state index in [1.54, 1.807) is 14.2 Å². The molecule has 152 valence electrons. The van der Waals surface area contributed by atoms with Crippen LogP contribution in [0.3, 0.4) is 0 Å². The van der Waals surface area contributed by atoms with Gasteiger partial charge in [0.05, 0.1) is 0 Å². The van der Waals surface area contributed by atoms with E-state index in [-0.39, 0.29) is 7.25 Å². The van der Waals surface area contributed by atoms with Crippen LogP contribution in [0.5, 0.6) is 11.5 Å². The Morgan fingerprint density at radius 1 is 0.793 bits per heavy atom. The number of allylic oxidation sites excluding steroid dienone is 2. The maximum atomic E-state index is 7.78. The van der Waals surface area contributed by atoms with E-state index in [2.05, 4.69) is 41.8 Å². The first kappa shape index (κ1) is 21.1. The molecule has 4 rings (SSSR count). The van der Waals surface area contributed by atoms with Gasteiger partial charge < -0.3 is 0 Å². The van der Waals surface area contributed by atoms with E-state index in [4.69, 9.17) is 26.5 Å². The van der Waals surface area contributed by atoms with Crippen molar-refractivity contribution >= 4 is 32.9 Å². The molecule has 2 atom stereocenters. The van der Waals surface area contributed by atoms with Gasteiger partial charge in [0, 0.05) is 0 Å². The van der Waals surface area contributed by atoms with Gasteiger partial charge in [-0.2, -0.15) is 0 Å². The molecule has 0 aromatic heterocycles. The number of ether oxygens (including phenoxy) is 2. The van der Waals surface area contributed by atoms with Crippen LogP contribution >= 0.6 is 17.0 Å². The van der Waals surface area contributed by atoms with E-state index in [0.29, 0.717) is 0 Å². The number of methoxy groups -OCH3 is 2. The zero-order valence-electron chi connectivity index (χ0n) is 17.4. The fourth-order valence-electron chi connectivity index (χ4n) is 5.37. The van der Waals surface area contributed by atoms with Crippen molar-refractivity contribution in [3.63, 3.8) is 0 Å². The zero-order valence-corrected chi connectivity index (χ0v) is 21.4. The Labute approximate surface area is 180 Å². The van der Waals surface area contributed by atoms with Crippen molar-refractivity contribution in [2.75, 3.05) is 14.2 Å². The van der Waals surface area contributed by atoms with Crippen molar-refractivity contribution in [3.8, 4) is 11.5 Å². The average molecular weight is 509 g/mol.